The third-order valence-corrected chi connectivity index (χ3v) is 3.76. The van der Waals surface area contributed by atoms with Crippen molar-refractivity contribution in [1.29, 1.82) is 0 Å². The van der Waals surface area contributed by atoms with E-state index >= 15 is 0 Å². The molecule has 0 bridgehead atoms. The average molecular weight is 341 g/mol. The van der Waals surface area contributed by atoms with Gasteiger partial charge in [-0.15, -0.1) is 0 Å². The van der Waals surface area contributed by atoms with Crippen molar-refractivity contribution in [2.45, 2.75) is 6.54 Å². The van der Waals surface area contributed by atoms with E-state index in [2.05, 4.69) is 21.2 Å². The van der Waals surface area contributed by atoms with Gasteiger partial charge in [0.05, 0.1) is 15.2 Å². The lowest BCUT2D eigenvalue weighted by Crippen LogP contribution is -2.00. The van der Waals surface area contributed by atoms with Crippen LogP contribution in [-0.2, 0) is 6.54 Å². The summed E-state index contributed by atoms with van der Waals surface area (Å²) in [7, 11) is 0. The molecule has 0 atom stereocenters. The van der Waals surface area contributed by atoms with Crippen LogP contribution in [0.3, 0.4) is 0 Å². The largest absolute Gasteiger partial charge is 0.454 e. The molecule has 19 heavy (non-hydrogen) atoms. The van der Waals surface area contributed by atoms with Gasteiger partial charge < -0.3 is 14.8 Å². The number of hydrogen-bond acceptors (Lipinski definition) is 3. The van der Waals surface area contributed by atoms with Crippen molar-refractivity contribution in [3.8, 4) is 11.5 Å². The third-order valence-electron chi connectivity index (χ3n) is 2.84. The van der Waals surface area contributed by atoms with Gasteiger partial charge in [-0.1, -0.05) is 23.7 Å². The Labute approximate surface area is 124 Å². The number of ether oxygens (including phenoxy) is 2. The molecule has 0 aromatic heterocycles. The van der Waals surface area contributed by atoms with Crippen molar-refractivity contribution in [2.24, 2.45) is 0 Å². The summed E-state index contributed by atoms with van der Waals surface area (Å²) >= 11 is 9.58. The van der Waals surface area contributed by atoms with E-state index in [1.54, 1.807) is 0 Å². The predicted molar refractivity (Wildman–Crippen MR) is 79.0 cm³/mol. The van der Waals surface area contributed by atoms with E-state index in [-0.39, 0.29) is 6.79 Å². The van der Waals surface area contributed by atoms with Crippen LogP contribution >= 0.6 is 27.5 Å². The highest BCUT2D eigenvalue weighted by atomic mass is 79.9. The first kappa shape index (κ1) is 12.6. The van der Waals surface area contributed by atoms with Crippen LogP contribution in [0.5, 0.6) is 11.5 Å². The topological polar surface area (TPSA) is 30.5 Å². The molecule has 0 saturated heterocycles. The molecule has 1 heterocycles. The quantitative estimate of drug-likeness (QED) is 0.896. The SMILES string of the molecule is Clc1ccccc1NCc1cc(Br)c2c(c1)OCO2. The maximum atomic E-state index is 6.10. The van der Waals surface area contributed by atoms with Gasteiger partial charge in [-0.2, -0.15) is 0 Å². The van der Waals surface area contributed by atoms with Gasteiger partial charge in [0.1, 0.15) is 0 Å². The molecule has 1 aliphatic heterocycles. The van der Waals surface area contributed by atoms with Gasteiger partial charge >= 0.3 is 0 Å². The summed E-state index contributed by atoms with van der Waals surface area (Å²) in [6.45, 7) is 0.939. The van der Waals surface area contributed by atoms with E-state index in [9.17, 15) is 0 Å². The summed E-state index contributed by atoms with van der Waals surface area (Å²) < 4.78 is 11.6. The first-order chi connectivity index (χ1) is 9.24. The molecule has 0 spiro atoms. The zero-order chi connectivity index (χ0) is 13.2. The standard InChI is InChI=1S/C14H11BrClNO2/c15-10-5-9(6-13-14(10)19-8-18-13)7-17-12-4-2-1-3-11(12)16/h1-6,17H,7-8H2. The number of halogens is 2. The Morgan fingerprint density at radius 3 is 2.89 bits per heavy atom. The van der Waals surface area contributed by atoms with Gasteiger partial charge in [-0.3, -0.25) is 0 Å². The molecule has 1 N–H and O–H groups in total. The van der Waals surface area contributed by atoms with Crippen molar-refractivity contribution in [2.75, 3.05) is 12.1 Å². The molecule has 0 fully saturated rings. The number of nitrogens with one attached hydrogen (secondary N) is 1. The van der Waals surface area contributed by atoms with Crippen molar-refractivity contribution in [3.05, 3.63) is 51.5 Å². The Morgan fingerprint density at radius 2 is 2.05 bits per heavy atom. The molecule has 0 saturated carbocycles. The van der Waals surface area contributed by atoms with Gasteiger partial charge in [0, 0.05) is 6.54 Å². The normalized spacial score (nSPS) is 12.5. The fourth-order valence-corrected chi connectivity index (χ4v) is 2.73. The Bertz CT molecular complexity index is 618. The van der Waals surface area contributed by atoms with E-state index in [0.29, 0.717) is 11.6 Å². The summed E-state index contributed by atoms with van der Waals surface area (Å²) in [6, 6.07) is 11.6. The van der Waals surface area contributed by atoms with E-state index in [1.807, 2.05) is 36.4 Å². The number of anilines is 1. The number of rotatable bonds is 3. The van der Waals surface area contributed by atoms with Crippen LogP contribution in [0.4, 0.5) is 5.69 Å². The highest BCUT2D eigenvalue weighted by Crippen LogP contribution is 2.40. The monoisotopic (exact) mass is 339 g/mol. The lowest BCUT2D eigenvalue weighted by Gasteiger charge is -2.09. The van der Waals surface area contributed by atoms with Crippen molar-refractivity contribution in [3.63, 3.8) is 0 Å². The van der Waals surface area contributed by atoms with Gasteiger partial charge in [0.25, 0.3) is 0 Å². The first-order valence-electron chi connectivity index (χ1n) is 5.80. The second-order valence-corrected chi connectivity index (χ2v) is 5.41. The van der Waals surface area contributed by atoms with Crippen molar-refractivity contribution >= 4 is 33.2 Å². The molecular weight excluding hydrogens is 330 g/mol. The van der Waals surface area contributed by atoms with Crippen LogP contribution in [0.1, 0.15) is 5.56 Å². The van der Waals surface area contributed by atoms with Crippen molar-refractivity contribution in [1.82, 2.24) is 0 Å². The summed E-state index contributed by atoms with van der Waals surface area (Å²) in [5.41, 5.74) is 2.01. The van der Waals surface area contributed by atoms with Crippen molar-refractivity contribution < 1.29 is 9.47 Å². The summed E-state index contributed by atoms with van der Waals surface area (Å²) in [5.74, 6) is 1.53. The molecule has 0 radical (unpaired) electrons. The zero-order valence-electron chi connectivity index (χ0n) is 9.95. The maximum absolute atomic E-state index is 6.10. The van der Waals surface area contributed by atoms with E-state index in [0.717, 1.165) is 27.2 Å². The van der Waals surface area contributed by atoms with Crippen LogP contribution in [0.25, 0.3) is 0 Å². The second kappa shape index (κ2) is 5.31. The predicted octanol–water partition coefficient (Wildman–Crippen LogP) is 4.44. The van der Waals surface area contributed by atoms with E-state index in [4.69, 9.17) is 21.1 Å². The molecule has 0 aliphatic carbocycles. The van der Waals surface area contributed by atoms with Crippen LogP contribution < -0.4 is 14.8 Å². The molecule has 1 aliphatic rings. The zero-order valence-corrected chi connectivity index (χ0v) is 12.3. The van der Waals surface area contributed by atoms with Gasteiger partial charge in [0.15, 0.2) is 11.5 Å². The fraction of sp³-hybridized carbons (Fsp3) is 0.143. The minimum atomic E-state index is 0.273. The minimum absolute atomic E-state index is 0.273. The average Bonchev–Trinajstić information content (AvgIpc) is 2.87. The number of para-hydroxylation sites is 1. The summed E-state index contributed by atoms with van der Waals surface area (Å²) in [6.07, 6.45) is 0. The molecule has 98 valence electrons. The Kier molecular flexibility index (Phi) is 3.53. The Hall–Kier alpha value is -1.39. The molecule has 3 rings (SSSR count). The van der Waals surface area contributed by atoms with Gasteiger partial charge in [0.2, 0.25) is 6.79 Å². The van der Waals surface area contributed by atoms with Gasteiger partial charge in [-0.25, -0.2) is 0 Å². The van der Waals surface area contributed by atoms with Gasteiger partial charge in [-0.05, 0) is 45.8 Å². The van der Waals surface area contributed by atoms with Crippen LogP contribution in [-0.4, -0.2) is 6.79 Å². The molecule has 0 unspecified atom stereocenters. The lowest BCUT2D eigenvalue weighted by atomic mass is 10.2. The highest BCUT2D eigenvalue weighted by Gasteiger charge is 2.17. The number of benzene rings is 2. The molecule has 5 heteroatoms. The Balaban J connectivity index is 1.78. The molecule has 2 aromatic rings. The van der Waals surface area contributed by atoms with Crippen LogP contribution in [0.2, 0.25) is 5.02 Å². The fourth-order valence-electron chi connectivity index (χ4n) is 1.92. The first-order valence-corrected chi connectivity index (χ1v) is 6.97. The summed E-state index contributed by atoms with van der Waals surface area (Å²) in [5, 5.41) is 4.01. The second-order valence-electron chi connectivity index (χ2n) is 4.14. The molecule has 3 nitrogen and oxygen atoms in total. The number of fused-ring (bicyclic) bond motifs is 1. The molecule has 0 amide bonds. The molecule has 2 aromatic carbocycles. The van der Waals surface area contributed by atoms with E-state index < -0.39 is 0 Å². The lowest BCUT2D eigenvalue weighted by molar-refractivity contribution is 0.173. The maximum Gasteiger partial charge on any atom is 0.231 e. The smallest absolute Gasteiger partial charge is 0.231 e. The third kappa shape index (κ3) is 2.65. The molecular formula is C14H11BrClNO2. The Morgan fingerprint density at radius 1 is 1.21 bits per heavy atom. The number of hydrogen-bond donors (Lipinski definition) is 1. The summed E-state index contributed by atoms with van der Waals surface area (Å²) in [4.78, 5) is 0. The minimum Gasteiger partial charge on any atom is -0.454 e. The highest BCUT2D eigenvalue weighted by molar-refractivity contribution is 9.10. The van der Waals surface area contributed by atoms with Crippen LogP contribution in [0, 0.1) is 0 Å². The van der Waals surface area contributed by atoms with Crippen LogP contribution in [0.15, 0.2) is 40.9 Å². The van der Waals surface area contributed by atoms with E-state index in [1.165, 1.54) is 0 Å².